The molecule has 0 unspecified atom stereocenters. The van der Waals surface area contributed by atoms with Crippen LogP contribution in [0.1, 0.15) is 27.2 Å². The Bertz CT molecular complexity index is 1220. The van der Waals surface area contributed by atoms with Gasteiger partial charge >= 0.3 is 0 Å². The molecule has 4 rings (SSSR count). The van der Waals surface area contributed by atoms with E-state index in [1.807, 2.05) is 19.1 Å². The standard InChI is InChI=1S/C19H15F2N3O3S/c1-11-4-2-3-5-17(11)24-18(13-9-28(26,27)10-16(13)23-24)22-19(25)12-6-7-14(20)15(21)8-12/h2-8H,9-10H2,1H3,(H,22,25). The van der Waals surface area contributed by atoms with E-state index in [9.17, 15) is 22.0 Å². The lowest BCUT2D eigenvalue weighted by Crippen LogP contribution is -2.17. The lowest BCUT2D eigenvalue weighted by molar-refractivity contribution is 0.102. The molecule has 1 aromatic heterocycles. The Morgan fingerprint density at radius 1 is 1.11 bits per heavy atom. The summed E-state index contributed by atoms with van der Waals surface area (Å²) in [5, 5.41) is 7.01. The van der Waals surface area contributed by atoms with E-state index < -0.39 is 27.4 Å². The number of benzene rings is 2. The van der Waals surface area contributed by atoms with Crippen molar-refractivity contribution in [3.05, 3.63) is 76.5 Å². The SMILES string of the molecule is Cc1ccccc1-n1nc2c(c1NC(=O)c1ccc(F)c(F)c1)CS(=O)(=O)C2. The zero-order chi connectivity index (χ0) is 20.1. The lowest BCUT2D eigenvalue weighted by atomic mass is 10.2. The molecule has 0 saturated heterocycles. The second-order valence-electron chi connectivity index (χ2n) is 6.59. The summed E-state index contributed by atoms with van der Waals surface area (Å²) in [6, 6.07) is 10.1. The van der Waals surface area contributed by atoms with Crippen LogP contribution >= 0.6 is 0 Å². The lowest BCUT2D eigenvalue weighted by Gasteiger charge is -2.13. The second-order valence-corrected chi connectivity index (χ2v) is 8.65. The van der Waals surface area contributed by atoms with E-state index in [2.05, 4.69) is 10.4 Å². The van der Waals surface area contributed by atoms with Crippen molar-refractivity contribution in [2.75, 3.05) is 5.32 Å². The molecule has 3 aromatic rings. The van der Waals surface area contributed by atoms with Crippen molar-refractivity contribution in [3.8, 4) is 5.69 Å². The number of rotatable bonds is 3. The number of hydrogen-bond acceptors (Lipinski definition) is 4. The molecule has 1 amide bonds. The van der Waals surface area contributed by atoms with E-state index in [1.54, 1.807) is 12.1 Å². The molecular formula is C19H15F2N3O3S. The normalized spacial score (nSPS) is 14.7. The molecule has 0 aliphatic carbocycles. The summed E-state index contributed by atoms with van der Waals surface area (Å²) in [7, 11) is -3.34. The number of hydrogen-bond donors (Lipinski definition) is 1. The smallest absolute Gasteiger partial charge is 0.256 e. The fraction of sp³-hybridized carbons (Fsp3) is 0.158. The maximum atomic E-state index is 13.5. The maximum absolute atomic E-state index is 13.5. The zero-order valence-electron chi connectivity index (χ0n) is 14.7. The Morgan fingerprint density at radius 2 is 1.86 bits per heavy atom. The molecule has 0 spiro atoms. The van der Waals surface area contributed by atoms with E-state index >= 15 is 0 Å². The minimum atomic E-state index is -3.34. The van der Waals surface area contributed by atoms with E-state index in [0.29, 0.717) is 16.9 Å². The quantitative estimate of drug-likeness (QED) is 0.729. The van der Waals surface area contributed by atoms with Crippen molar-refractivity contribution in [1.29, 1.82) is 0 Å². The number of halogens is 2. The van der Waals surface area contributed by atoms with Gasteiger partial charge in [0.2, 0.25) is 0 Å². The van der Waals surface area contributed by atoms with Gasteiger partial charge in [-0.1, -0.05) is 18.2 Å². The fourth-order valence-electron chi connectivity index (χ4n) is 3.16. The fourth-order valence-corrected chi connectivity index (χ4v) is 4.66. The van der Waals surface area contributed by atoms with Gasteiger partial charge < -0.3 is 5.32 Å². The van der Waals surface area contributed by atoms with Crippen molar-refractivity contribution in [3.63, 3.8) is 0 Å². The van der Waals surface area contributed by atoms with Crippen LogP contribution in [-0.4, -0.2) is 24.1 Å². The minimum Gasteiger partial charge on any atom is -0.306 e. The van der Waals surface area contributed by atoms with Crippen molar-refractivity contribution in [1.82, 2.24) is 9.78 Å². The molecule has 1 aliphatic heterocycles. The highest BCUT2D eigenvalue weighted by atomic mass is 32.2. The summed E-state index contributed by atoms with van der Waals surface area (Å²) in [5.74, 6) is -3.15. The highest BCUT2D eigenvalue weighted by molar-refractivity contribution is 7.90. The number of carbonyl (C=O) groups is 1. The number of anilines is 1. The van der Waals surface area contributed by atoms with Crippen LogP contribution in [0.5, 0.6) is 0 Å². The Morgan fingerprint density at radius 3 is 2.57 bits per heavy atom. The predicted octanol–water partition coefficient (Wildman–Crippen LogP) is 3.14. The van der Waals surface area contributed by atoms with Crippen LogP contribution in [0.2, 0.25) is 0 Å². The number of aromatic nitrogens is 2. The van der Waals surface area contributed by atoms with Gasteiger partial charge in [-0.05, 0) is 36.8 Å². The molecule has 9 heteroatoms. The largest absolute Gasteiger partial charge is 0.306 e. The Kier molecular flexibility index (Phi) is 4.26. The predicted molar refractivity (Wildman–Crippen MR) is 98.9 cm³/mol. The zero-order valence-corrected chi connectivity index (χ0v) is 15.6. The Labute approximate surface area is 159 Å². The van der Waals surface area contributed by atoms with Crippen LogP contribution in [0.3, 0.4) is 0 Å². The van der Waals surface area contributed by atoms with Crippen LogP contribution in [0.15, 0.2) is 42.5 Å². The van der Waals surface area contributed by atoms with Crippen molar-refractivity contribution < 1.29 is 22.0 Å². The topological polar surface area (TPSA) is 81.1 Å². The number of carbonyl (C=O) groups excluding carboxylic acids is 1. The van der Waals surface area contributed by atoms with Gasteiger partial charge in [0.25, 0.3) is 5.91 Å². The summed E-state index contributed by atoms with van der Waals surface area (Å²) in [6.45, 7) is 1.86. The highest BCUT2D eigenvalue weighted by Crippen LogP contribution is 2.33. The minimum absolute atomic E-state index is 0.0916. The Hall–Kier alpha value is -3.07. The highest BCUT2D eigenvalue weighted by Gasteiger charge is 2.33. The third kappa shape index (κ3) is 3.18. The van der Waals surface area contributed by atoms with Crippen molar-refractivity contribution in [2.24, 2.45) is 0 Å². The summed E-state index contributed by atoms with van der Waals surface area (Å²) in [5.41, 5.74) is 2.22. The molecular weight excluding hydrogens is 388 g/mol. The summed E-state index contributed by atoms with van der Waals surface area (Å²) in [4.78, 5) is 12.6. The number of para-hydroxylation sites is 1. The first kappa shape index (κ1) is 18.3. The van der Waals surface area contributed by atoms with Gasteiger partial charge in [-0.3, -0.25) is 4.79 Å². The molecule has 0 atom stereocenters. The molecule has 6 nitrogen and oxygen atoms in total. The van der Waals surface area contributed by atoms with E-state index in [-0.39, 0.29) is 22.9 Å². The van der Waals surface area contributed by atoms with Gasteiger partial charge in [-0.2, -0.15) is 5.10 Å². The first-order chi connectivity index (χ1) is 13.2. The molecule has 0 saturated carbocycles. The van der Waals surface area contributed by atoms with E-state index in [1.165, 1.54) is 4.68 Å². The van der Waals surface area contributed by atoms with Gasteiger partial charge in [0.05, 0.1) is 22.9 Å². The molecule has 2 aromatic carbocycles. The summed E-state index contributed by atoms with van der Waals surface area (Å²) in [6.07, 6.45) is 0. The number of nitrogens with one attached hydrogen (secondary N) is 1. The number of amides is 1. The summed E-state index contributed by atoms with van der Waals surface area (Å²) < 4.78 is 52.1. The summed E-state index contributed by atoms with van der Waals surface area (Å²) >= 11 is 0. The van der Waals surface area contributed by atoms with Crippen LogP contribution in [-0.2, 0) is 21.3 Å². The van der Waals surface area contributed by atoms with Gasteiger partial charge in [0.15, 0.2) is 21.5 Å². The number of aryl methyl sites for hydroxylation is 1. The molecule has 0 bridgehead atoms. The molecule has 1 N–H and O–H groups in total. The van der Waals surface area contributed by atoms with Gasteiger partial charge in [0.1, 0.15) is 5.82 Å². The number of fused-ring (bicyclic) bond motifs is 1. The first-order valence-corrected chi connectivity index (χ1v) is 10.2. The van der Waals surface area contributed by atoms with Crippen molar-refractivity contribution in [2.45, 2.75) is 18.4 Å². The third-order valence-corrected chi connectivity index (χ3v) is 5.99. The van der Waals surface area contributed by atoms with Crippen LogP contribution < -0.4 is 5.32 Å². The van der Waals surface area contributed by atoms with Gasteiger partial charge in [-0.15, -0.1) is 0 Å². The molecule has 2 heterocycles. The van der Waals surface area contributed by atoms with Crippen LogP contribution in [0.4, 0.5) is 14.6 Å². The maximum Gasteiger partial charge on any atom is 0.256 e. The van der Waals surface area contributed by atoms with Crippen molar-refractivity contribution >= 4 is 21.6 Å². The van der Waals surface area contributed by atoms with Gasteiger partial charge in [-0.25, -0.2) is 21.9 Å². The first-order valence-electron chi connectivity index (χ1n) is 8.39. The Balaban J connectivity index is 1.80. The molecule has 0 fully saturated rings. The second kappa shape index (κ2) is 6.52. The van der Waals surface area contributed by atoms with Gasteiger partial charge in [0, 0.05) is 11.1 Å². The number of nitrogens with zero attached hydrogens (tertiary/aromatic N) is 2. The van der Waals surface area contributed by atoms with E-state index in [0.717, 1.165) is 23.8 Å². The van der Waals surface area contributed by atoms with Crippen LogP contribution in [0, 0.1) is 18.6 Å². The third-order valence-electron chi connectivity index (χ3n) is 4.54. The molecule has 28 heavy (non-hydrogen) atoms. The van der Waals surface area contributed by atoms with Crippen LogP contribution in [0.25, 0.3) is 5.69 Å². The monoisotopic (exact) mass is 403 g/mol. The molecule has 0 radical (unpaired) electrons. The molecule has 1 aliphatic rings. The molecule has 144 valence electrons. The average Bonchev–Trinajstić information content (AvgIpc) is 3.10. The van der Waals surface area contributed by atoms with E-state index in [4.69, 9.17) is 0 Å². The number of sulfone groups is 1. The average molecular weight is 403 g/mol.